The fourth-order valence-corrected chi connectivity index (χ4v) is 5.60. The van der Waals surface area contributed by atoms with Crippen LogP contribution in [0.1, 0.15) is 42.6 Å². The van der Waals surface area contributed by atoms with E-state index in [1.54, 1.807) is 19.4 Å². The normalized spacial score (nSPS) is 25.9. The standard InChI is InChI=1S/C27H34N2O3/c1-4-14-29-15-13-27(22-6-5-7-25(17-22)31-3)18-24(10-9-23(27)19-29)28-26(30)11-8-21-12-16-32-20(21)2/h4-8,11-12,16-17,23-24H,1,9-10,13-15,18-19H2,2-3H3,(H,28,30)/b11-8+/t23-,24+,27+/m1/s1. The maximum Gasteiger partial charge on any atom is 0.244 e. The van der Waals surface area contributed by atoms with Crippen LogP contribution in [-0.4, -0.2) is 43.6 Å². The quantitative estimate of drug-likeness (QED) is 0.506. The van der Waals surface area contributed by atoms with Crippen LogP contribution in [0.2, 0.25) is 0 Å². The molecule has 2 aromatic rings. The summed E-state index contributed by atoms with van der Waals surface area (Å²) in [6, 6.07) is 10.6. The largest absolute Gasteiger partial charge is 0.497 e. The summed E-state index contributed by atoms with van der Waals surface area (Å²) in [6.07, 6.45) is 11.2. The number of fused-ring (bicyclic) bond motifs is 1. The SMILES string of the molecule is C=CCN1CC[C@@]2(c3cccc(OC)c3)C[C@@H](NC(=O)/C=C/c3ccoc3C)CC[C@@H]2C1. The van der Waals surface area contributed by atoms with E-state index >= 15 is 0 Å². The fraction of sp³-hybridized carbons (Fsp3) is 0.444. The maximum absolute atomic E-state index is 12.7. The number of ether oxygens (including phenoxy) is 1. The number of likely N-dealkylation sites (tertiary alicyclic amines) is 1. The van der Waals surface area contributed by atoms with Crippen molar-refractivity contribution in [3.05, 3.63) is 72.2 Å². The third-order valence-electron chi connectivity index (χ3n) is 7.30. The second-order valence-electron chi connectivity index (χ2n) is 9.14. The van der Waals surface area contributed by atoms with Gasteiger partial charge in [-0.1, -0.05) is 18.2 Å². The first-order valence-electron chi connectivity index (χ1n) is 11.5. The van der Waals surface area contributed by atoms with Crippen molar-refractivity contribution >= 4 is 12.0 Å². The number of furan rings is 1. The highest BCUT2D eigenvalue weighted by atomic mass is 16.5. The van der Waals surface area contributed by atoms with E-state index < -0.39 is 0 Å². The van der Waals surface area contributed by atoms with Crippen LogP contribution in [0.5, 0.6) is 5.75 Å². The van der Waals surface area contributed by atoms with Gasteiger partial charge in [0.05, 0.1) is 13.4 Å². The first kappa shape index (κ1) is 22.4. The Morgan fingerprint density at radius 1 is 1.38 bits per heavy atom. The zero-order chi connectivity index (χ0) is 22.6. The maximum atomic E-state index is 12.7. The first-order valence-corrected chi connectivity index (χ1v) is 11.5. The van der Waals surface area contributed by atoms with Crippen molar-refractivity contribution in [2.24, 2.45) is 5.92 Å². The highest BCUT2D eigenvalue weighted by molar-refractivity contribution is 5.92. The summed E-state index contributed by atoms with van der Waals surface area (Å²) in [5.41, 5.74) is 2.32. The smallest absolute Gasteiger partial charge is 0.244 e. The van der Waals surface area contributed by atoms with E-state index in [2.05, 4.69) is 35.0 Å². The Labute approximate surface area is 191 Å². The number of benzene rings is 1. The second-order valence-corrected chi connectivity index (χ2v) is 9.14. The van der Waals surface area contributed by atoms with Gasteiger partial charge in [0.25, 0.3) is 0 Å². The predicted octanol–water partition coefficient (Wildman–Crippen LogP) is 4.72. The van der Waals surface area contributed by atoms with Crippen LogP contribution < -0.4 is 10.1 Å². The molecular weight excluding hydrogens is 400 g/mol. The molecule has 1 saturated carbocycles. The number of hydrogen-bond donors (Lipinski definition) is 1. The molecule has 32 heavy (non-hydrogen) atoms. The molecule has 0 bridgehead atoms. The third-order valence-corrected chi connectivity index (χ3v) is 7.30. The minimum absolute atomic E-state index is 0.0427. The number of piperidine rings is 1. The predicted molar refractivity (Wildman–Crippen MR) is 128 cm³/mol. The molecule has 0 radical (unpaired) electrons. The van der Waals surface area contributed by atoms with Crippen molar-refractivity contribution in [3.8, 4) is 5.75 Å². The summed E-state index contributed by atoms with van der Waals surface area (Å²) in [4.78, 5) is 15.2. The lowest BCUT2D eigenvalue weighted by Crippen LogP contribution is -2.56. The number of nitrogens with one attached hydrogen (secondary N) is 1. The number of carbonyl (C=O) groups excluding carboxylic acids is 1. The van der Waals surface area contributed by atoms with E-state index in [-0.39, 0.29) is 17.4 Å². The van der Waals surface area contributed by atoms with Gasteiger partial charge < -0.3 is 14.5 Å². The van der Waals surface area contributed by atoms with Gasteiger partial charge in [0.2, 0.25) is 5.91 Å². The van der Waals surface area contributed by atoms with Gasteiger partial charge in [0.15, 0.2) is 0 Å². The summed E-state index contributed by atoms with van der Waals surface area (Å²) < 4.78 is 10.8. The van der Waals surface area contributed by atoms with Gasteiger partial charge in [-0.2, -0.15) is 0 Å². The van der Waals surface area contributed by atoms with Gasteiger partial charge in [-0.25, -0.2) is 0 Å². The molecule has 2 aliphatic rings. The van der Waals surface area contributed by atoms with Crippen molar-refractivity contribution < 1.29 is 13.9 Å². The summed E-state index contributed by atoms with van der Waals surface area (Å²) in [7, 11) is 1.72. The third kappa shape index (κ3) is 4.68. The van der Waals surface area contributed by atoms with Gasteiger partial charge in [-0.05, 0) is 74.9 Å². The number of nitrogens with zero attached hydrogens (tertiary/aromatic N) is 1. The number of hydrogen-bond acceptors (Lipinski definition) is 4. The second kappa shape index (κ2) is 9.78. The lowest BCUT2D eigenvalue weighted by molar-refractivity contribution is -0.117. The lowest BCUT2D eigenvalue weighted by atomic mass is 9.58. The molecule has 1 aliphatic carbocycles. The number of methoxy groups -OCH3 is 1. The zero-order valence-corrected chi connectivity index (χ0v) is 19.2. The Bertz CT molecular complexity index is 979. The Morgan fingerprint density at radius 3 is 3.00 bits per heavy atom. The van der Waals surface area contributed by atoms with Crippen LogP contribution >= 0.6 is 0 Å². The molecule has 1 aromatic heterocycles. The van der Waals surface area contributed by atoms with Crippen LogP contribution in [0.25, 0.3) is 6.08 Å². The summed E-state index contributed by atoms with van der Waals surface area (Å²) in [6.45, 7) is 8.87. The average Bonchev–Trinajstić information content (AvgIpc) is 3.22. The Morgan fingerprint density at radius 2 is 2.25 bits per heavy atom. The van der Waals surface area contributed by atoms with Crippen molar-refractivity contribution in [2.45, 2.75) is 44.1 Å². The van der Waals surface area contributed by atoms with Gasteiger partial charge in [-0.15, -0.1) is 6.58 Å². The van der Waals surface area contributed by atoms with E-state index in [0.717, 1.165) is 62.4 Å². The van der Waals surface area contributed by atoms with E-state index in [0.29, 0.717) is 5.92 Å². The average molecular weight is 435 g/mol. The van der Waals surface area contributed by atoms with Crippen LogP contribution in [0.4, 0.5) is 0 Å². The van der Waals surface area contributed by atoms with Gasteiger partial charge >= 0.3 is 0 Å². The first-order chi connectivity index (χ1) is 15.5. The monoisotopic (exact) mass is 434 g/mol. The Balaban J connectivity index is 1.53. The molecule has 5 nitrogen and oxygen atoms in total. The van der Waals surface area contributed by atoms with Crippen molar-refractivity contribution in [2.75, 3.05) is 26.7 Å². The highest BCUT2D eigenvalue weighted by Crippen LogP contribution is 2.49. The van der Waals surface area contributed by atoms with Gasteiger partial charge in [0, 0.05) is 36.2 Å². The minimum atomic E-state index is -0.0427. The Hall–Kier alpha value is -2.79. The van der Waals surface area contributed by atoms with E-state index in [1.807, 2.05) is 31.2 Å². The van der Waals surface area contributed by atoms with Crippen molar-refractivity contribution in [1.29, 1.82) is 0 Å². The number of rotatable bonds is 7. The molecule has 0 spiro atoms. The number of carbonyl (C=O) groups is 1. The molecule has 1 saturated heterocycles. The minimum Gasteiger partial charge on any atom is -0.497 e. The van der Waals surface area contributed by atoms with Gasteiger partial charge in [0.1, 0.15) is 11.5 Å². The summed E-state index contributed by atoms with van der Waals surface area (Å²) in [5.74, 6) is 2.23. The van der Waals surface area contributed by atoms with Crippen LogP contribution in [0, 0.1) is 12.8 Å². The van der Waals surface area contributed by atoms with E-state index in [1.165, 1.54) is 5.56 Å². The molecule has 1 amide bonds. The molecule has 2 heterocycles. The molecular formula is C27H34N2O3. The van der Waals surface area contributed by atoms with E-state index in [4.69, 9.17) is 9.15 Å². The molecule has 1 aliphatic heterocycles. The summed E-state index contributed by atoms with van der Waals surface area (Å²) in [5, 5.41) is 3.28. The molecule has 5 heteroatoms. The van der Waals surface area contributed by atoms with Gasteiger partial charge in [-0.3, -0.25) is 9.69 Å². The van der Waals surface area contributed by atoms with Crippen molar-refractivity contribution in [1.82, 2.24) is 10.2 Å². The highest BCUT2D eigenvalue weighted by Gasteiger charge is 2.48. The molecule has 0 unspecified atom stereocenters. The topological polar surface area (TPSA) is 54.7 Å². The molecule has 3 atom stereocenters. The van der Waals surface area contributed by atoms with Crippen molar-refractivity contribution in [3.63, 3.8) is 0 Å². The summed E-state index contributed by atoms with van der Waals surface area (Å²) >= 11 is 0. The molecule has 4 rings (SSSR count). The Kier molecular flexibility index (Phi) is 6.85. The van der Waals surface area contributed by atoms with Crippen LogP contribution in [-0.2, 0) is 10.2 Å². The van der Waals surface area contributed by atoms with Crippen LogP contribution in [0.15, 0.2) is 59.7 Å². The van der Waals surface area contributed by atoms with E-state index in [9.17, 15) is 4.79 Å². The van der Waals surface area contributed by atoms with Crippen LogP contribution in [0.3, 0.4) is 0 Å². The number of amides is 1. The number of aryl methyl sites for hydroxylation is 1. The molecule has 1 aromatic carbocycles. The fourth-order valence-electron chi connectivity index (χ4n) is 5.60. The zero-order valence-electron chi connectivity index (χ0n) is 19.2. The molecule has 1 N–H and O–H groups in total. The lowest BCUT2D eigenvalue weighted by Gasteiger charge is -2.53. The molecule has 2 fully saturated rings. The molecule has 170 valence electrons.